The van der Waals surface area contributed by atoms with E-state index in [1.165, 1.54) is 4.73 Å². The second-order valence-corrected chi connectivity index (χ2v) is 7.06. The van der Waals surface area contributed by atoms with Gasteiger partial charge in [-0.2, -0.15) is 0 Å². The molecule has 0 aliphatic heterocycles. The van der Waals surface area contributed by atoms with Gasteiger partial charge in [-0.15, -0.1) is 4.73 Å². The maximum Gasteiger partial charge on any atom is 0.226 e. The summed E-state index contributed by atoms with van der Waals surface area (Å²) in [6.45, 7) is 0.690. The molecule has 5 aromatic rings. The zero-order valence-corrected chi connectivity index (χ0v) is 16.2. The topological polar surface area (TPSA) is 56.5 Å². The lowest BCUT2D eigenvalue weighted by Crippen LogP contribution is -2.10. The van der Waals surface area contributed by atoms with E-state index in [1.807, 2.05) is 78.9 Å². The fourth-order valence-electron chi connectivity index (χ4n) is 3.46. The van der Waals surface area contributed by atoms with E-state index in [1.54, 1.807) is 6.07 Å². The highest BCUT2D eigenvalue weighted by Crippen LogP contribution is 2.24. The van der Waals surface area contributed by atoms with Gasteiger partial charge < -0.3 is 14.7 Å². The van der Waals surface area contributed by atoms with Gasteiger partial charge >= 0.3 is 0 Å². The van der Waals surface area contributed by atoms with Gasteiger partial charge in [-0.1, -0.05) is 54.6 Å². The van der Waals surface area contributed by atoms with Gasteiger partial charge in [-0.05, 0) is 35.9 Å². The lowest BCUT2D eigenvalue weighted by molar-refractivity contribution is 0.0892. The lowest BCUT2D eigenvalue weighted by atomic mass is 10.2. The molecular weight excluding hydrogens is 376 g/mol. The number of fused-ring (bicyclic) bond motifs is 2. The smallest absolute Gasteiger partial charge is 0.226 e. The molecule has 0 saturated carbocycles. The van der Waals surface area contributed by atoms with Crippen molar-refractivity contribution >= 4 is 21.8 Å². The number of benzene rings is 3. The molecule has 2 heterocycles. The fraction of sp³-hybridized carbons (Fsp3) is 0.0800. The molecule has 5 heteroatoms. The molecule has 0 radical (unpaired) electrons. The first-order valence-electron chi connectivity index (χ1n) is 9.75. The molecule has 0 unspecified atom stereocenters. The Morgan fingerprint density at radius 3 is 2.53 bits per heavy atom. The van der Waals surface area contributed by atoms with Crippen molar-refractivity contribution in [3.8, 4) is 11.6 Å². The summed E-state index contributed by atoms with van der Waals surface area (Å²) < 4.78 is 7.38. The fourth-order valence-corrected chi connectivity index (χ4v) is 3.46. The van der Waals surface area contributed by atoms with Crippen LogP contribution in [-0.4, -0.2) is 14.8 Å². The molecule has 3 aromatic carbocycles. The van der Waals surface area contributed by atoms with Gasteiger partial charge in [0.15, 0.2) is 0 Å². The average molecular weight is 396 g/mol. The minimum absolute atomic E-state index is 0.0750. The Morgan fingerprint density at radius 2 is 1.60 bits per heavy atom. The SMILES string of the molecule is Oc1cc2ccccc2n1OCc1cccc(OCc2ccc3ccccc3n2)c1. The van der Waals surface area contributed by atoms with Crippen molar-refractivity contribution < 1.29 is 14.7 Å². The third-order valence-corrected chi connectivity index (χ3v) is 4.95. The van der Waals surface area contributed by atoms with Crippen LogP contribution in [0.4, 0.5) is 0 Å². The maximum atomic E-state index is 10.2. The summed E-state index contributed by atoms with van der Waals surface area (Å²) in [5.74, 6) is 0.818. The summed E-state index contributed by atoms with van der Waals surface area (Å²) in [6.07, 6.45) is 0. The zero-order valence-electron chi connectivity index (χ0n) is 16.2. The molecule has 2 aromatic heterocycles. The Labute approximate surface area is 173 Å². The number of aromatic nitrogens is 2. The predicted molar refractivity (Wildman–Crippen MR) is 116 cm³/mol. The zero-order chi connectivity index (χ0) is 20.3. The van der Waals surface area contributed by atoms with Crippen LogP contribution in [0.1, 0.15) is 11.3 Å². The molecule has 0 saturated heterocycles. The number of ether oxygens (including phenoxy) is 1. The number of pyridine rings is 1. The summed E-state index contributed by atoms with van der Waals surface area (Å²) >= 11 is 0. The number of nitrogens with zero attached hydrogens (tertiary/aromatic N) is 2. The van der Waals surface area contributed by atoms with E-state index in [9.17, 15) is 5.11 Å². The molecule has 0 amide bonds. The number of hydrogen-bond donors (Lipinski definition) is 1. The summed E-state index contributed by atoms with van der Waals surface area (Å²) in [7, 11) is 0. The molecule has 0 spiro atoms. The first-order chi connectivity index (χ1) is 14.8. The van der Waals surface area contributed by atoms with E-state index in [2.05, 4.69) is 11.1 Å². The third kappa shape index (κ3) is 3.65. The molecule has 0 aliphatic rings. The normalized spacial score (nSPS) is 11.1. The molecular formula is C25H20N2O3. The maximum absolute atomic E-state index is 10.2. The molecule has 1 N–H and O–H groups in total. The monoisotopic (exact) mass is 396 g/mol. The standard InChI is InChI=1S/C25H20N2O3/c28-25-15-20-8-2-4-11-24(20)27(25)30-16-18-6-5-9-22(14-18)29-17-21-13-12-19-7-1-3-10-23(19)26-21/h1-15,28H,16-17H2. The predicted octanol–water partition coefficient (Wildman–Crippen LogP) is 5.10. The summed E-state index contributed by atoms with van der Waals surface area (Å²) in [4.78, 5) is 10.5. The van der Waals surface area contributed by atoms with E-state index in [0.717, 1.165) is 38.8 Å². The van der Waals surface area contributed by atoms with Crippen LogP contribution in [0.5, 0.6) is 11.6 Å². The highest BCUT2D eigenvalue weighted by molar-refractivity contribution is 5.81. The highest BCUT2D eigenvalue weighted by Gasteiger charge is 2.09. The van der Waals surface area contributed by atoms with Crippen LogP contribution in [0.2, 0.25) is 0 Å². The Morgan fingerprint density at radius 1 is 0.767 bits per heavy atom. The molecule has 5 nitrogen and oxygen atoms in total. The number of aromatic hydroxyl groups is 1. The largest absolute Gasteiger partial charge is 0.492 e. The van der Waals surface area contributed by atoms with E-state index in [0.29, 0.717) is 13.2 Å². The molecule has 30 heavy (non-hydrogen) atoms. The molecule has 5 rings (SSSR count). The second kappa shape index (κ2) is 7.79. The van der Waals surface area contributed by atoms with E-state index in [4.69, 9.17) is 9.57 Å². The summed E-state index contributed by atoms with van der Waals surface area (Å²) in [6, 6.07) is 29.2. The minimum Gasteiger partial charge on any atom is -0.492 e. The Balaban J connectivity index is 1.27. The van der Waals surface area contributed by atoms with Gasteiger partial charge in [0.1, 0.15) is 19.0 Å². The Kier molecular flexibility index (Phi) is 4.69. The molecule has 148 valence electrons. The first kappa shape index (κ1) is 18.1. The summed E-state index contributed by atoms with van der Waals surface area (Å²) in [5, 5.41) is 12.2. The van der Waals surface area contributed by atoms with E-state index >= 15 is 0 Å². The van der Waals surface area contributed by atoms with Gasteiger partial charge in [-0.3, -0.25) is 0 Å². The number of para-hydroxylation sites is 2. The molecule has 0 aliphatic carbocycles. The van der Waals surface area contributed by atoms with Crippen LogP contribution >= 0.6 is 0 Å². The minimum atomic E-state index is 0.0750. The van der Waals surface area contributed by atoms with Crippen molar-refractivity contribution in [3.63, 3.8) is 0 Å². The Bertz CT molecular complexity index is 1330. The van der Waals surface area contributed by atoms with Gasteiger partial charge in [0, 0.05) is 16.8 Å². The third-order valence-electron chi connectivity index (χ3n) is 4.95. The molecule has 0 fully saturated rings. The quantitative estimate of drug-likeness (QED) is 0.434. The van der Waals surface area contributed by atoms with Crippen LogP contribution in [0.3, 0.4) is 0 Å². The van der Waals surface area contributed by atoms with Gasteiger partial charge in [-0.25, -0.2) is 4.98 Å². The molecule has 0 bridgehead atoms. The second-order valence-electron chi connectivity index (χ2n) is 7.06. The van der Waals surface area contributed by atoms with E-state index in [-0.39, 0.29) is 5.88 Å². The van der Waals surface area contributed by atoms with Crippen LogP contribution in [-0.2, 0) is 13.2 Å². The van der Waals surface area contributed by atoms with Crippen molar-refractivity contribution in [1.29, 1.82) is 0 Å². The highest BCUT2D eigenvalue weighted by atomic mass is 16.7. The van der Waals surface area contributed by atoms with Crippen molar-refractivity contribution in [3.05, 3.63) is 102 Å². The van der Waals surface area contributed by atoms with Crippen molar-refractivity contribution in [2.24, 2.45) is 0 Å². The average Bonchev–Trinajstić information content (AvgIpc) is 3.11. The van der Waals surface area contributed by atoms with Crippen molar-refractivity contribution in [1.82, 2.24) is 9.71 Å². The lowest BCUT2D eigenvalue weighted by Gasteiger charge is -2.11. The van der Waals surface area contributed by atoms with Crippen LogP contribution in [0, 0.1) is 0 Å². The van der Waals surface area contributed by atoms with Gasteiger partial charge in [0.25, 0.3) is 0 Å². The number of rotatable bonds is 6. The number of hydrogen-bond acceptors (Lipinski definition) is 4. The van der Waals surface area contributed by atoms with Crippen LogP contribution < -0.4 is 9.57 Å². The van der Waals surface area contributed by atoms with Crippen LogP contribution in [0.15, 0.2) is 91.0 Å². The summed E-state index contributed by atoms with van der Waals surface area (Å²) in [5.41, 5.74) is 3.60. The first-order valence-corrected chi connectivity index (χ1v) is 9.75. The van der Waals surface area contributed by atoms with E-state index < -0.39 is 0 Å². The Hall–Kier alpha value is -3.99. The molecule has 0 atom stereocenters. The van der Waals surface area contributed by atoms with Crippen LogP contribution in [0.25, 0.3) is 21.8 Å². The van der Waals surface area contributed by atoms with Gasteiger partial charge in [0.2, 0.25) is 5.88 Å². The van der Waals surface area contributed by atoms with Crippen molar-refractivity contribution in [2.75, 3.05) is 0 Å². The van der Waals surface area contributed by atoms with Crippen molar-refractivity contribution in [2.45, 2.75) is 13.2 Å². The van der Waals surface area contributed by atoms with Gasteiger partial charge in [0.05, 0.1) is 16.7 Å².